The molecule has 0 aliphatic heterocycles. The molecule has 0 amide bonds. The van der Waals surface area contributed by atoms with Gasteiger partial charge in [-0.1, -0.05) is 23.7 Å². The lowest BCUT2D eigenvalue weighted by atomic mass is 10.1. The van der Waals surface area contributed by atoms with E-state index in [1.165, 1.54) is 32.7 Å². The molecule has 2 aromatic carbocycles. The number of ether oxygens (including phenoxy) is 3. The van der Waals surface area contributed by atoms with Crippen molar-refractivity contribution in [3.8, 4) is 27.8 Å². The molecule has 0 aliphatic rings. The average molecular weight is 405 g/mol. The molecule has 2 N–H and O–H groups in total. The first-order valence-electron chi connectivity index (χ1n) is 7.85. The van der Waals surface area contributed by atoms with Crippen LogP contribution in [-0.4, -0.2) is 32.1 Å². The number of hydrogen-bond acceptors (Lipinski definition) is 7. The van der Waals surface area contributed by atoms with Crippen LogP contribution in [0.2, 0.25) is 5.02 Å². The molecule has 1 aromatic heterocycles. The van der Waals surface area contributed by atoms with Gasteiger partial charge < -0.3 is 19.9 Å². The maximum atomic E-state index is 13.0. The van der Waals surface area contributed by atoms with Crippen LogP contribution in [0.1, 0.15) is 15.2 Å². The third kappa shape index (κ3) is 3.70. The van der Waals surface area contributed by atoms with Gasteiger partial charge in [0.2, 0.25) is 11.5 Å². The third-order valence-electron chi connectivity index (χ3n) is 3.86. The van der Waals surface area contributed by atoms with E-state index in [9.17, 15) is 4.79 Å². The first-order chi connectivity index (χ1) is 13.0. The summed E-state index contributed by atoms with van der Waals surface area (Å²) >= 11 is 7.24. The Hall–Kier alpha value is -2.77. The van der Waals surface area contributed by atoms with Gasteiger partial charge in [0, 0.05) is 16.1 Å². The van der Waals surface area contributed by atoms with E-state index in [0.717, 1.165) is 5.56 Å². The zero-order chi connectivity index (χ0) is 19.6. The second kappa shape index (κ2) is 7.85. The molecule has 0 aliphatic carbocycles. The number of hydrogen-bond donors (Lipinski definition) is 1. The fourth-order valence-electron chi connectivity index (χ4n) is 2.58. The van der Waals surface area contributed by atoms with Gasteiger partial charge in [-0.2, -0.15) is 0 Å². The second-order valence-electron chi connectivity index (χ2n) is 5.49. The average Bonchev–Trinajstić information content (AvgIpc) is 3.07. The molecule has 27 heavy (non-hydrogen) atoms. The Balaban J connectivity index is 2.04. The highest BCUT2D eigenvalue weighted by Gasteiger charge is 2.22. The Morgan fingerprint density at radius 2 is 1.74 bits per heavy atom. The van der Waals surface area contributed by atoms with Crippen molar-refractivity contribution in [3.05, 3.63) is 51.9 Å². The van der Waals surface area contributed by atoms with Crippen molar-refractivity contribution >= 4 is 34.5 Å². The Labute approximate surface area is 165 Å². The van der Waals surface area contributed by atoms with E-state index >= 15 is 0 Å². The van der Waals surface area contributed by atoms with Crippen molar-refractivity contribution in [2.75, 3.05) is 27.1 Å². The molecule has 3 rings (SSSR count). The van der Waals surface area contributed by atoms with Crippen LogP contribution in [0.5, 0.6) is 17.2 Å². The summed E-state index contributed by atoms with van der Waals surface area (Å²) in [6.07, 6.45) is 0. The zero-order valence-corrected chi connectivity index (χ0v) is 16.5. The molecule has 0 atom stereocenters. The number of carbonyl (C=O) groups excluding carboxylic acids is 1. The number of benzene rings is 2. The molecule has 0 fully saturated rings. The molecule has 0 bridgehead atoms. The number of halogens is 1. The quantitative estimate of drug-likeness (QED) is 0.616. The van der Waals surface area contributed by atoms with Gasteiger partial charge in [0.15, 0.2) is 11.5 Å². The summed E-state index contributed by atoms with van der Waals surface area (Å²) in [6.45, 7) is 0. The number of methoxy groups -OCH3 is 3. The summed E-state index contributed by atoms with van der Waals surface area (Å²) in [5, 5.41) is 1.20. The predicted octanol–water partition coefficient (Wildman–Crippen LogP) is 4.30. The predicted molar refractivity (Wildman–Crippen MR) is 107 cm³/mol. The number of nitrogen functional groups attached to an aromatic ring is 1. The number of thiazole rings is 1. The van der Waals surface area contributed by atoms with Gasteiger partial charge in [-0.05, 0) is 24.3 Å². The van der Waals surface area contributed by atoms with Crippen LogP contribution in [0.25, 0.3) is 10.6 Å². The molecule has 140 valence electrons. The van der Waals surface area contributed by atoms with Gasteiger partial charge in [0.25, 0.3) is 0 Å². The van der Waals surface area contributed by atoms with Gasteiger partial charge in [0.05, 0.1) is 21.3 Å². The Kier molecular flexibility index (Phi) is 5.53. The van der Waals surface area contributed by atoms with Crippen molar-refractivity contribution in [3.63, 3.8) is 0 Å². The van der Waals surface area contributed by atoms with E-state index in [0.29, 0.717) is 37.7 Å². The van der Waals surface area contributed by atoms with E-state index in [-0.39, 0.29) is 11.6 Å². The maximum Gasteiger partial charge on any atom is 0.207 e. The van der Waals surface area contributed by atoms with Gasteiger partial charge in [-0.15, -0.1) is 11.3 Å². The fourth-order valence-corrected chi connectivity index (χ4v) is 3.72. The third-order valence-corrected chi connectivity index (χ3v) is 5.21. The lowest BCUT2D eigenvalue weighted by Crippen LogP contribution is -2.05. The minimum absolute atomic E-state index is 0.161. The van der Waals surface area contributed by atoms with Crippen molar-refractivity contribution in [2.45, 2.75) is 0 Å². The van der Waals surface area contributed by atoms with Gasteiger partial charge in [-0.25, -0.2) is 4.98 Å². The number of anilines is 1. The number of carbonyl (C=O) groups is 1. The lowest BCUT2D eigenvalue weighted by Gasteiger charge is -2.13. The largest absolute Gasteiger partial charge is 0.493 e. The minimum atomic E-state index is -0.280. The van der Waals surface area contributed by atoms with Crippen molar-refractivity contribution in [1.29, 1.82) is 0 Å². The van der Waals surface area contributed by atoms with Crippen molar-refractivity contribution < 1.29 is 19.0 Å². The SMILES string of the molecule is COc1cc(C(=O)c2sc(-c3cccc(Cl)c3)nc2N)cc(OC)c1OC. The Morgan fingerprint density at radius 1 is 1.07 bits per heavy atom. The molecule has 0 radical (unpaired) electrons. The highest BCUT2D eigenvalue weighted by atomic mass is 35.5. The van der Waals surface area contributed by atoms with Crippen molar-refractivity contribution in [2.24, 2.45) is 0 Å². The maximum absolute atomic E-state index is 13.0. The van der Waals surface area contributed by atoms with Gasteiger partial charge >= 0.3 is 0 Å². The highest BCUT2D eigenvalue weighted by Crippen LogP contribution is 2.40. The zero-order valence-electron chi connectivity index (χ0n) is 14.9. The molecule has 1 heterocycles. The first kappa shape index (κ1) is 19.0. The van der Waals surface area contributed by atoms with Crippen LogP contribution in [-0.2, 0) is 0 Å². The van der Waals surface area contributed by atoms with Crippen molar-refractivity contribution in [1.82, 2.24) is 4.98 Å². The number of nitrogens with two attached hydrogens (primary N) is 1. The van der Waals surface area contributed by atoms with Crippen LogP contribution in [0.4, 0.5) is 5.82 Å². The van der Waals surface area contributed by atoms with Crippen LogP contribution in [0.15, 0.2) is 36.4 Å². The smallest absolute Gasteiger partial charge is 0.207 e. The van der Waals surface area contributed by atoms with Crippen LogP contribution >= 0.6 is 22.9 Å². The summed E-state index contributed by atoms with van der Waals surface area (Å²) in [5.74, 6) is 1.07. The van der Waals surface area contributed by atoms with E-state index in [1.54, 1.807) is 24.3 Å². The number of aromatic nitrogens is 1. The van der Waals surface area contributed by atoms with E-state index in [4.69, 9.17) is 31.5 Å². The summed E-state index contributed by atoms with van der Waals surface area (Å²) in [6, 6.07) is 10.4. The number of rotatable bonds is 6. The van der Waals surface area contributed by atoms with E-state index < -0.39 is 0 Å². The standard InChI is InChI=1S/C19H17ClN2O4S/c1-24-13-8-11(9-14(25-2)16(13)26-3)15(23)17-18(21)22-19(27-17)10-5-4-6-12(20)7-10/h4-9H,21H2,1-3H3. The van der Waals surface area contributed by atoms with E-state index in [1.807, 2.05) is 12.1 Å². The Morgan fingerprint density at radius 3 is 2.30 bits per heavy atom. The van der Waals surface area contributed by atoms with Crippen LogP contribution in [0.3, 0.4) is 0 Å². The lowest BCUT2D eigenvalue weighted by molar-refractivity contribution is 0.104. The highest BCUT2D eigenvalue weighted by molar-refractivity contribution is 7.17. The van der Waals surface area contributed by atoms with Gasteiger partial charge in [0.1, 0.15) is 15.7 Å². The second-order valence-corrected chi connectivity index (χ2v) is 6.92. The molecule has 0 saturated heterocycles. The first-order valence-corrected chi connectivity index (χ1v) is 9.04. The number of nitrogens with zero attached hydrogens (tertiary/aromatic N) is 1. The summed E-state index contributed by atoms with van der Waals surface area (Å²) in [5.41, 5.74) is 7.16. The molecule has 3 aromatic rings. The molecular weight excluding hydrogens is 388 g/mol. The fraction of sp³-hybridized carbons (Fsp3) is 0.158. The molecule has 0 saturated carbocycles. The molecular formula is C19H17ClN2O4S. The summed E-state index contributed by atoms with van der Waals surface area (Å²) in [7, 11) is 4.48. The normalized spacial score (nSPS) is 10.5. The molecule has 6 nitrogen and oxygen atoms in total. The summed E-state index contributed by atoms with van der Waals surface area (Å²) in [4.78, 5) is 17.7. The molecule has 0 unspecified atom stereocenters. The van der Waals surface area contributed by atoms with Crippen LogP contribution < -0.4 is 19.9 Å². The topological polar surface area (TPSA) is 83.7 Å². The van der Waals surface area contributed by atoms with Gasteiger partial charge in [-0.3, -0.25) is 4.79 Å². The molecule has 0 spiro atoms. The van der Waals surface area contributed by atoms with Crippen LogP contribution in [0, 0.1) is 0 Å². The molecule has 8 heteroatoms. The summed E-state index contributed by atoms with van der Waals surface area (Å²) < 4.78 is 15.9. The monoisotopic (exact) mass is 404 g/mol. The number of ketones is 1. The minimum Gasteiger partial charge on any atom is -0.493 e. The van der Waals surface area contributed by atoms with E-state index in [2.05, 4.69) is 4.98 Å². The Bertz CT molecular complexity index is 978.